The number of aromatic nitrogens is 2. The number of amides is 1. The molecular formula is C26H41N5O+2. The number of rotatable bonds is 8. The molecule has 0 bridgehead atoms. The standard InChI is InChI=1S/C26H39N5O/c1-28-18-20-29(21-19-28)16-9-17-30(26(32)23-10-5-2-3-6-11-23)22-25-14-15-27-31(25)24-12-7-4-8-13-24/h4,7-8,12-15,23H,2-3,5-6,9-11,16-22H2,1H3/p+2. The van der Waals surface area contributed by atoms with E-state index in [9.17, 15) is 4.79 Å². The molecule has 1 aliphatic heterocycles. The molecule has 2 fully saturated rings. The average molecular weight is 440 g/mol. The second-order valence-corrected chi connectivity index (χ2v) is 9.83. The van der Waals surface area contributed by atoms with Gasteiger partial charge in [-0.2, -0.15) is 5.10 Å². The first-order chi connectivity index (χ1) is 15.7. The molecule has 0 unspecified atom stereocenters. The van der Waals surface area contributed by atoms with Crippen LogP contribution in [0.3, 0.4) is 0 Å². The maximum absolute atomic E-state index is 13.6. The van der Waals surface area contributed by atoms with Crippen molar-refractivity contribution >= 4 is 5.91 Å². The number of hydrogen-bond donors (Lipinski definition) is 2. The largest absolute Gasteiger partial charge is 0.336 e. The zero-order valence-corrected chi connectivity index (χ0v) is 19.8. The maximum Gasteiger partial charge on any atom is 0.226 e. The number of carbonyl (C=O) groups is 1. The normalized spacial score (nSPS) is 22.4. The predicted molar refractivity (Wildman–Crippen MR) is 127 cm³/mol. The second kappa shape index (κ2) is 11.6. The third-order valence-electron chi connectivity index (χ3n) is 7.36. The van der Waals surface area contributed by atoms with E-state index < -0.39 is 0 Å². The summed E-state index contributed by atoms with van der Waals surface area (Å²) in [5.41, 5.74) is 2.15. The minimum atomic E-state index is 0.199. The van der Waals surface area contributed by atoms with Gasteiger partial charge in [0.1, 0.15) is 26.2 Å². The summed E-state index contributed by atoms with van der Waals surface area (Å²) in [5.74, 6) is 0.565. The number of benzene rings is 1. The van der Waals surface area contributed by atoms with E-state index in [0.717, 1.165) is 37.2 Å². The van der Waals surface area contributed by atoms with Gasteiger partial charge in [-0.15, -0.1) is 0 Å². The molecule has 6 heteroatoms. The van der Waals surface area contributed by atoms with E-state index in [2.05, 4.69) is 35.2 Å². The first-order valence-corrected chi connectivity index (χ1v) is 12.7. The van der Waals surface area contributed by atoms with Gasteiger partial charge in [0, 0.05) is 25.1 Å². The molecule has 1 aromatic heterocycles. The van der Waals surface area contributed by atoms with Gasteiger partial charge >= 0.3 is 0 Å². The van der Waals surface area contributed by atoms with Gasteiger partial charge in [-0.05, 0) is 31.0 Å². The summed E-state index contributed by atoms with van der Waals surface area (Å²) < 4.78 is 1.99. The van der Waals surface area contributed by atoms with Crippen LogP contribution < -0.4 is 9.80 Å². The Morgan fingerprint density at radius 1 is 1.03 bits per heavy atom. The quantitative estimate of drug-likeness (QED) is 0.603. The van der Waals surface area contributed by atoms with Gasteiger partial charge in [-0.1, -0.05) is 43.9 Å². The number of hydrogen-bond acceptors (Lipinski definition) is 2. The number of para-hydroxylation sites is 1. The first-order valence-electron chi connectivity index (χ1n) is 12.7. The van der Waals surface area contributed by atoms with Gasteiger partial charge in [0.15, 0.2) is 0 Å². The van der Waals surface area contributed by atoms with Gasteiger partial charge in [0.25, 0.3) is 0 Å². The number of carbonyl (C=O) groups excluding carboxylic acids is 1. The molecule has 32 heavy (non-hydrogen) atoms. The van der Waals surface area contributed by atoms with Crippen LogP contribution >= 0.6 is 0 Å². The summed E-state index contributed by atoms with van der Waals surface area (Å²) in [5, 5.41) is 4.56. The summed E-state index contributed by atoms with van der Waals surface area (Å²) in [6.45, 7) is 7.69. The van der Waals surface area contributed by atoms with Crippen LogP contribution in [0.15, 0.2) is 42.6 Å². The number of likely N-dealkylation sites (N-methyl/N-ethyl adjacent to an activating group) is 1. The van der Waals surface area contributed by atoms with Crippen molar-refractivity contribution in [3.05, 3.63) is 48.3 Å². The zero-order valence-electron chi connectivity index (χ0n) is 19.8. The summed E-state index contributed by atoms with van der Waals surface area (Å²) in [7, 11) is 2.29. The van der Waals surface area contributed by atoms with E-state index in [1.165, 1.54) is 58.4 Å². The Morgan fingerprint density at radius 2 is 1.75 bits per heavy atom. The molecule has 1 saturated heterocycles. The second-order valence-electron chi connectivity index (χ2n) is 9.83. The highest BCUT2D eigenvalue weighted by Gasteiger charge is 2.27. The van der Waals surface area contributed by atoms with Crippen molar-refractivity contribution < 1.29 is 14.6 Å². The molecule has 1 aromatic carbocycles. The highest BCUT2D eigenvalue weighted by atomic mass is 16.2. The van der Waals surface area contributed by atoms with Crippen molar-refractivity contribution in [3.8, 4) is 5.69 Å². The van der Waals surface area contributed by atoms with Crippen molar-refractivity contribution in [2.45, 2.75) is 51.5 Å². The molecule has 2 aromatic rings. The Kier molecular flexibility index (Phi) is 8.35. The number of nitrogens with zero attached hydrogens (tertiary/aromatic N) is 3. The lowest BCUT2D eigenvalue weighted by Crippen LogP contribution is -3.27. The molecule has 0 atom stereocenters. The molecule has 1 amide bonds. The van der Waals surface area contributed by atoms with Crippen LogP contribution in [0, 0.1) is 5.92 Å². The van der Waals surface area contributed by atoms with E-state index >= 15 is 0 Å². The Hall–Kier alpha value is -2.18. The zero-order chi connectivity index (χ0) is 22.2. The van der Waals surface area contributed by atoms with E-state index in [0.29, 0.717) is 12.5 Å². The van der Waals surface area contributed by atoms with Crippen LogP contribution in [-0.4, -0.2) is 66.9 Å². The third-order valence-corrected chi connectivity index (χ3v) is 7.36. The fourth-order valence-electron chi connectivity index (χ4n) is 5.30. The molecule has 0 radical (unpaired) electrons. The summed E-state index contributed by atoms with van der Waals surface area (Å²) in [6.07, 6.45) is 9.98. The van der Waals surface area contributed by atoms with Crippen LogP contribution in [0.1, 0.15) is 50.6 Å². The SMILES string of the molecule is C[NH+]1CC[NH+](CCCN(Cc2ccnn2-c2ccccc2)C(=O)C2CCCCCC2)CC1. The van der Waals surface area contributed by atoms with Crippen LogP contribution in [0.2, 0.25) is 0 Å². The van der Waals surface area contributed by atoms with Gasteiger partial charge < -0.3 is 14.7 Å². The average Bonchev–Trinajstić information content (AvgIpc) is 3.11. The Morgan fingerprint density at radius 3 is 2.47 bits per heavy atom. The molecule has 2 aliphatic rings. The molecule has 1 aliphatic carbocycles. The molecule has 1 saturated carbocycles. The predicted octanol–water partition coefficient (Wildman–Crippen LogP) is 0.975. The maximum atomic E-state index is 13.6. The van der Waals surface area contributed by atoms with Crippen molar-refractivity contribution in [1.29, 1.82) is 0 Å². The summed E-state index contributed by atoms with van der Waals surface area (Å²) in [4.78, 5) is 19.1. The van der Waals surface area contributed by atoms with Crippen LogP contribution in [-0.2, 0) is 11.3 Å². The van der Waals surface area contributed by atoms with E-state index in [-0.39, 0.29) is 5.92 Å². The highest BCUT2D eigenvalue weighted by Crippen LogP contribution is 2.25. The molecule has 2 N–H and O–H groups in total. The van der Waals surface area contributed by atoms with Crippen LogP contribution in [0.4, 0.5) is 0 Å². The number of quaternary nitrogens is 2. The Labute approximate surface area is 193 Å². The highest BCUT2D eigenvalue weighted by molar-refractivity contribution is 5.78. The number of nitrogens with one attached hydrogen (secondary N) is 2. The van der Waals surface area contributed by atoms with Crippen molar-refractivity contribution in [1.82, 2.24) is 14.7 Å². The Bertz CT molecular complexity index is 820. The first kappa shape index (κ1) is 23.0. The third kappa shape index (κ3) is 6.20. The minimum Gasteiger partial charge on any atom is -0.336 e. The molecule has 2 heterocycles. The lowest BCUT2D eigenvalue weighted by Gasteiger charge is -2.30. The van der Waals surface area contributed by atoms with E-state index in [1.807, 2.05) is 29.1 Å². The minimum absolute atomic E-state index is 0.199. The van der Waals surface area contributed by atoms with Gasteiger partial charge in [0.2, 0.25) is 5.91 Å². The fourth-order valence-corrected chi connectivity index (χ4v) is 5.30. The lowest BCUT2D eigenvalue weighted by molar-refractivity contribution is -1.00. The van der Waals surface area contributed by atoms with Crippen LogP contribution in [0.25, 0.3) is 5.69 Å². The Balaban J connectivity index is 1.44. The van der Waals surface area contributed by atoms with E-state index in [1.54, 1.807) is 9.80 Å². The molecule has 4 rings (SSSR count). The van der Waals surface area contributed by atoms with Gasteiger partial charge in [-0.25, -0.2) is 4.68 Å². The summed E-state index contributed by atoms with van der Waals surface area (Å²) in [6, 6.07) is 12.3. The van der Waals surface area contributed by atoms with Crippen LogP contribution in [0.5, 0.6) is 0 Å². The summed E-state index contributed by atoms with van der Waals surface area (Å²) >= 11 is 0. The molecule has 0 spiro atoms. The van der Waals surface area contributed by atoms with Gasteiger partial charge in [-0.3, -0.25) is 4.79 Å². The molecular weight excluding hydrogens is 398 g/mol. The van der Waals surface area contributed by atoms with Gasteiger partial charge in [0.05, 0.1) is 31.5 Å². The molecule has 6 nitrogen and oxygen atoms in total. The van der Waals surface area contributed by atoms with Crippen molar-refractivity contribution in [2.24, 2.45) is 5.92 Å². The topological polar surface area (TPSA) is 47.0 Å². The monoisotopic (exact) mass is 439 g/mol. The fraction of sp³-hybridized carbons (Fsp3) is 0.615. The smallest absolute Gasteiger partial charge is 0.226 e. The molecule has 174 valence electrons. The van der Waals surface area contributed by atoms with Crippen molar-refractivity contribution in [2.75, 3.05) is 46.3 Å². The lowest BCUT2D eigenvalue weighted by atomic mass is 9.98. The van der Waals surface area contributed by atoms with Crippen molar-refractivity contribution in [3.63, 3.8) is 0 Å². The number of piperazine rings is 1. The van der Waals surface area contributed by atoms with E-state index in [4.69, 9.17) is 0 Å².